The van der Waals surface area contributed by atoms with E-state index >= 15 is 0 Å². The van der Waals surface area contributed by atoms with Crippen molar-refractivity contribution in [2.45, 2.75) is 37.3 Å². The molecule has 1 rings (SSSR count). The van der Waals surface area contributed by atoms with Crippen molar-refractivity contribution in [2.24, 2.45) is 5.92 Å². The van der Waals surface area contributed by atoms with Crippen LogP contribution in [0.2, 0.25) is 0 Å². The van der Waals surface area contributed by atoms with Crippen LogP contribution in [0.15, 0.2) is 23.1 Å². The maximum absolute atomic E-state index is 13.4. The van der Waals surface area contributed by atoms with Gasteiger partial charge in [-0.2, -0.15) is 0 Å². The number of hydrogen-bond acceptors (Lipinski definition) is 2. The molecule has 0 fully saturated rings. The zero-order valence-corrected chi connectivity index (χ0v) is 12.0. The lowest BCUT2D eigenvalue weighted by Gasteiger charge is -2.13. The minimum absolute atomic E-state index is 0.261. The average molecular weight is 273 g/mol. The molecule has 0 bridgehead atoms. The number of hydrogen-bond donors (Lipinski definition) is 1. The first-order chi connectivity index (χ1) is 8.49. The maximum atomic E-state index is 13.4. The van der Waals surface area contributed by atoms with Gasteiger partial charge in [0.25, 0.3) is 0 Å². The first-order valence-corrected chi connectivity index (χ1v) is 7.19. The summed E-state index contributed by atoms with van der Waals surface area (Å²) in [5.74, 6) is -0.316. The molecule has 1 nitrogen and oxygen atoms in total. The molecule has 0 aliphatic heterocycles. The van der Waals surface area contributed by atoms with Crippen LogP contribution in [-0.4, -0.2) is 18.3 Å². The lowest BCUT2D eigenvalue weighted by Crippen LogP contribution is -2.24. The van der Waals surface area contributed by atoms with E-state index in [-0.39, 0.29) is 5.25 Å². The normalized spacial score (nSPS) is 13.0. The summed E-state index contributed by atoms with van der Waals surface area (Å²) in [5.41, 5.74) is 0. The van der Waals surface area contributed by atoms with E-state index in [1.807, 2.05) is 6.92 Å². The van der Waals surface area contributed by atoms with E-state index in [2.05, 4.69) is 19.2 Å². The Labute approximate surface area is 112 Å². The molecule has 0 amide bonds. The van der Waals surface area contributed by atoms with Crippen molar-refractivity contribution in [3.63, 3.8) is 0 Å². The summed E-state index contributed by atoms with van der Waals surface area (Å²) in [6, 6.07) is 3.73. The topological polar surface area (TPSA) is 12.0 Å². The molecule has 0 radical (unpaired) electrons. The van der Waals surface area contributed by atoms with Gasteiger partial charge in [-0.1, -0.05) is 20.8 Å². The highest BCUT2D eigenvalue weighted by atomic mass is 32.2. The summed E-state index contributed by atoms with van der Waals surface area (Å²) in [6.45, 7) is 8.22. The van der Waals surface area contributed by atoms with Crippen LogP contribution in [0.5, 0.6) is 0 Å². The fourth-order valence-corrected chi connectivity index (χ4v) is 2.48. The number of benzene rings is 1. The molecule has 0 saturated carbocycles. The van der Waals surface area contributed by atoms with Crippen LogP contribution < -0.4 is 5.32 Å². The summed E-state index contributed by atoms with van der Waals surface area (Å²) in [6.07, 6.45) is 1.14. The smallest absolute Gasteiger partial charge is 0.139 e. The molecule has 0 aromatic heterocycles. The van der Waals surface area contributed by atoms with E-state index in [1.165, 1.54) is 23.9 Å². The molecule has 1 N–H and O–H groups in total. The van der Waals surface area contributed by atoms with Crippen LogP contribution in [-0.2, 0) is 0 Å². The first kappa shape index (κ1) is 15.4. The molecular formula is C14H21F2NS. The Bertz CT molecular complexity index is 369. The number of rotatable bonds is 7. The third-order valence-corrected chi connectivity index (χ3v) is 3.71. The summed E-state index contributed by atoms with van der Waals surface area (Å²) in [4.78, 5) is 0.509. The molecule has 18 heavy (non-hydrogen) atoms. The van der Waals surface area contributed by atoms with Gasteiger partial charge in [0.2, 0.25) is 0 Å². The van der Waals surface area contributed by atoms with Gasteiger partial charge in [-0.25, -0.2) is 8.78 Å². The zero-order valence-electron chi connectivity index (χ0n) is 11.2. The van der Waals surface area contributed by atoms with Crippen LogP contribution in [0.4, 0.5) is 8.78 Å². The average Bonchev–Trinajstić information content (AvgIpc) is 2.28. The van der Waals surface area contributed by atoms with Gasteiger partial charge < -0.3 is 5.32 Å². The van der Waals surface area contributed by atoms with Gasteiger partial charge in [0.1, 0.15) is 11.6 Å². The van der Waals surface area contributed by atoms with Gasteiger partial charge in [0.15, 0.2) is 0 Å². The van der Waals surface area contributed by atoms with E-state index in [1.54, 1.807) is 0 Å². The molecule has 1 atom stereocenters. The minimum Gasteiger partial charge on any atom is -0.316 e. The molecule has 1 unspecified atom stereocenters. The van der Waals surface area contributed by atoms with Crippen molar-refractivity contribution in [1.29, 1.82) is 0 Å². The van der Waals surface area contributed by atoms with Gasteiger partial charge in [0.05, 0.1) is 0 Å². The third-order valence-electron chi connectivity index (χ3n) is 2.55. The Morgan fingerprint density at radius 3 is 2.56 bits per heavy atom. The minimum atomic E-state index is -0.528. The van der Waals surface area contributed by atoms with Crippen LogP contribution >= 0.6 is 11.8 Å². The van der Waals surface area contributed by atoms with Gasteiger partial charge >= 0.3 is 0 Å². The van der Waals surface area contributed by atoms with Crippen LogP contribution in [0, 0.1) is 17.6 Å². The number of thioether (sulfide) groups is 1. The van der Waals surface area contributed by atoms with Crippen LogP contribution in [0.3, 0.4) is 0 Å². The van der Waals surface area contributed by atoms with Crippen LogP contribution in [0.1, 0.15) is 27.2 Å². The summed E-state index contributed by atoms with van der Waals surface area (Å²) < 4.78 is 26.2. The number of nitrogens with one attached hydrogen (secondary N) is 1. The van der Waals surface area contributed by atoms with Crippen molar-refractivity contribution in [3.05, 3.63) is 29.8 Å². The highest BCUT2D eigenvalue weighted by molar-refractivity contribution is 8.00. The molecule has 0 saturated heterocycles. The van der Waals surface area contributed by atoms with Gasteiger partial charge in [0, 0.05) is 22.8 Å². The Morgan fingerprint density at radius 2 is 1.94 bits per heavy atom. The molecule has 0 heterocycles. The lowest BCUT2D eigenvalue weighted by molar-refractivity contribution is 0.538. The van der Waals surface area contributed by atoms with Crippen LogP contribution in [0.25, 0.3) is 0 Å². The second-order valence-corrected chi connectivity index (χ2v) is 6.37. The zero-order chi connectivity index (χ0) is 13.5. The molecule has 102 valence electrons. The Balaban J connectivity index is 2.33. The van der Waals surface area contributed by atoms with E-state index in [0.717, 1.165) is 25.6 Å². The van der Waals surface area contributed by atoms with E-state index in [4.69, 9.17) is 0 Å². The predicted octanol–water partition coefficient (Wildman–Crippen LogP) is 4.08. The maximum Gasteiger partial charge on any atom is 0.139 e. The largest absolute Gasteiger partial charge is 0.316 e. The SMILES string of the molecule is CC(C)CCNCC(C)Sc1ccc(F)cc1F. The molecule has 0 aliphatic rings. The Morgan fingerprint density at radius 1 is 1.22 bits per heavy atom. The fourth-order valence-electron chi connectivity index (χ4n) is 1.53. The highest BCUT2D eigenvalue weighted by Crippen LogP contribution is 2.26. The summed E-state index contributed by atoms with van der Waals surface area (Å²) >= 11 is 1.43. The summed E-state index contributed by atoms with van der Waals surface area (Å²) in [7, 11) is 0. The molecule has 0 spiro atoms. The second kappa shape index (κ2) is 7.74. The van der Waals surface area contributed by atoms with Crippen molar-refractivity contribution in [3.8, 4) is 0 Å². The third kappa shape index (κ3) is 5.83. The second-order valence-electron chi connectivity index (χ2n) is 4.89. The number of halogens is 2. The van der Waals surface area contributed by atoms with E-state index in [9.17, 15) is 8.78 Å². The fraction of sp³-hybridized carbons (Fsp3) is 0.571. The van der Waals surface area contributed by atoms with Gasteiger partial charge in [-0.15, -0.1) is 11.8 Å². The van der Waals surface area contributed by atoms with Crippen molar-refractivity contribution in [2.75, 3.05) is 13.1 Å². The molecular weight excluding hydrogens is 252 g/mol. The monoisotopic (exact) mass is 273 g/mol. The molecule has 4 heteroatoms. The summed E-state index contributed by atoms with van der Waals surface area (Å²) in [5, 5.41) is 3.61. The van der Waals surface area contributed by atoms with E-state index in [0.29, 0.717) is 10.8 Å². The molecule has 1 aromatic carbocycles. The van der Waals surface area contributed by atoms with Crippen molar-refractivity contribution in [1.82, 2.24) is 5.32 Å². The van der Waals surface area contributed by atoms with Gasteiger partial charge in [-0.05, 0) is 31.0 Å². The lowest BCUT2D eigenvalue weighted by atomic mass is 10.1. The first-order valence-electron chi connectivity index (χ1n) is 6.31. The predicted molar refractivity (Wildman–Crippen MR) is 74.0 cm³/mol. The standard InChI is InChI=1S/C14H21F2NS/c1-10(2)6-7-17-9-11(3)18-14-5-4-12(15)8-13(14)16/h4-5,8,10-11,17H,6-7,9H2,1-3H3. The highest BCUT2D eigenvalue weighted by Gasteiger charge is 2.09. The van der Waals surface area contributed by atoms with Gasteiger partial charge in [-0.3, -0.25) is 0 Å². The van der Waals surface area contributed by atoms with E-state index < -0.39 is 11.6 Å². The Hall–Kier alpha value is -0.610. The Kier molecular flexibility index (Phi) is 6.65. The van der Waals surface area contributed by atoms with Crippen molar-refractivity contribution < 1.29 is 8.78 Å². The molecule has 0 aliphatic carbocycles. The quantitative estimate of drug-likeness (QED) is 0.593. The molecule has 1 aromatic rings. The van der Waals surface area contributed by atoms with Crippen molar-refractivity contribution >= 4 is 11.8 Å².